The maximum Gasteiger partial charge on any atom is 0.251 e. The fourth-order valence-electron chi connectivity index (χ4n) is 5.95. The topological polar surface area (TPSA) is 66.6 Å². The number of amides is 1. The Morgan fingerprint density at radius 2 is 1.88 bits per heavy atom. The quantitative estimate of drug-likeness (QED) is 0.634. The predicted molar refractivity (Wildman–Crippen MR) is 127 cm³/mol. The Kier molecular flexibility index (Phi) is 5.13. The Balaban J connectivity index is 1.10. The van der Waals surface area contributed by atoms with E-state index < -0.39 is 0 Å². The number of azo groups is 1. The Morgan fingerprint density at radius 3 is 2.55 bits per heavy atom. The molecule has 2 aromatic carbocycles. The molecule has 0 aromatic heterocycles. The number of nitrogens with zero attached hydrogens (tertiary/aromatic N) is 4. The van der Waals surface area contributed by atoms with Gasteiger partial charge in [0.25, 0.3) is 5.91 Å². The Hall–Kier alpha value is -2.86. The van der Waals surface area contributed by atoms with E-state index in [0.717, 1.165) is 50.9 Å². The van der Waals surface area contributed by atoms with E-state index in [9.17, 15) is 4.79 Å². The third-order valence-corrected chi connectivity index (χ3v) is 8.07. The molecule has 3 fully saturated rings. The molecule has 2 saturated heterocycles. The maximum atomic E-state index is 12.7. The molecule has 3 heterocycles. The smallest absolute Gasteiger partial charge is 0.251 e. The molecule has 6 heteroatoms. The molecule has 0 bridgehead atoms. The summed E-state index contributed by atoms with van der Waals surface area (Å²) in [6.45, 7) is 4.63. The summed E-state index contributed by atoms with van der Waals surface area (Å²) in [6.07, 6.45) is 6.50. The summed E-state index contributed by atoms with van der Waals surface area (Å²) < 4.78 is 5.61. The van der Waals surface area contributed by atoms with Crippen LogP contribution in [-0.2, 0) is 9.53 Å². The molecule has 1 amide bonds. The molecule has 3 atom stereocenters. The first-order valence-electron chi connectivity index (χ1n) is 12.2. The van der Waals surface area contributed by atoms with E-state index in [2.05, 4.69) is 64.6 Å². The van der Waals surface area contributed by atoms with Crippen LogP contribution < -0.4 is 0 Å². The van der Waals surface area contributed by atoms with E-state index in [4.69, 9.17) is 4.74 Å². The van der Waals surface area contributed by atoms with Crippen LogP contribution in [0, 0.1) is 12.3 Å². The number of benzene rings is 2. The second-order valence-electron chi connectivity index (χ2n) is 10.0. The van der Waals surface area contributed by atoms with Gasteiger partial charge in [0.2, 0.25) is 0 Å². The summed E-state index contributed by atoms with van der Waals surface area (Å²) in [5.74, 6) is 0.841. The van der Waals surface area contributed by atoms with Gasteiger partial charge in [0, 0.05) is 25.3 Å². The molecule has 1 spiro atoms. The van der Waals surface area contributed by atoms with Gasteiger partial charge in [-0.25, -0.2) is 4.99 Å². The molecule has 0 radical (unpaired) electrons. The minimum absolute atomic E-state index is 0.186. The van der Waals surface area contributed by atoms with Gasteiger partial charge in [0.05, 0.1) is 0 Å². The Morgan fingerprint density at radius 1 is 1.09 bits per heavy atom. The van der Waals surface area contributed by atoms with Crippen molar-refractivity contribution in [3.63, 3.8) is 0 Å². The third-order valence-electron chi connectivity index (χ3n) is 8.07. The van der Waals surface area contributed by atoms with Crippen molar-refractivity contribution in [3.05, 3.63) is 59.2 Å². The molecular weight excluding hydrogens is 412 g/mol. The Labute approximate surface area is 194 Å². The number of ether oxygens (including phenoxy) is 1. The maximum absolute atomic E-state index is 12.7. The normalized spacial score (nSPS) is 27.4. The van der Waals surface area contributed by atoms with Gasteiger partial charge in [-0.15, -0.1) is 5.11 Å². The van der Waals surface area contributed by atoms with Crippen molar-refractivity contribution < 1.29 is 9.53 Å². The van der Waals surface area contributed by atoms with Crippen LogP contribution >= 0.6 is 0 Å². The molecule has 1 saturated carbocycles. The highest BCUT2D eigenvalue weighted by atomic mass is 16.5. The highest BCUT2D eigenvalue weighted by molar-refractivity contribution is 5.81. The second-order valence-corrected chi connectivity index (χ2v) is 10.0. The van der Waals surface area contributed by atoms with Crippen LogP contribution in [0.25, 0.3) is 11.1 Å². The van der Waals surface area contributed by atoms with Gasteiger partial charge in [-0.1, -0.05) is 42.5 Å². The molecule has 33 heavy (non-hydrogen) atoms. The number of carbonyl (C=O) groups is 1. The Bertz CT molecular complexity index is 1100. The van der Waals surface area contributed by atoms with Gasteiger partial charge in [-0.05, 0) is 72.6 Å². The van der Waals surface area contributed by atoms with Crippen LogP contribution in [0.5, 0.6) is 0 Å². The highest BCUT2D eigenvalue weighted by Crippen LogP contribution is 2.65. The fourth-order valence-corrected chi connectivity index (χ4v) is 5.95. The molecule has 6 rings (SSSR count). The van der Waals surface area contributed by atoms with Crippen LogP contribution in [0.1, 0.15) is 60.9 Å². The number of hydrogen-bond donors (Lipinski definition) is 0. The third kappa shape index (κ3) is 3.80. The van der Waals surface area contributed by atoms with E-state index in [1.807, 2.05) is 4.90 Å². The highest BCUT2D eigenvalue weighted by Gasteiger charge is 2.55. The van der Waals surface area contributed by atoms with E-state index in [1.165, 1.54) is 35.0 Å². The molecule has 4 aliphatic rings. The number of hydrogen-bond acceptors (Lipinski definition) is 5. The second kappa shape index (κ2) is 8.17. The first kappa shape index (κ1) is 20.7. The minimum Gasteiger partial charge on any atom is -0.368 e. The van der Waals surface area contributed by atoms with Gasteiger partial charge in [-0.3, -0.25) is 4.79 Å². The number of piperidine rings is 1. The van der Waals surface area contributed by atoms with Gasteiger partial charge in [0.1, 0.15) is 12.4 Å². The largest absolute Gasteiger partial charge is 0.368 e. The summed E-state index contributed by atoms with van der Waals surface area (Å²) in [4.78, 5) is 19.0. The average Bonchev–Trinajstić information content (AvgIpc) is 3.28. The van der Waals surface area contributed by atoms with E-state index in [0.29, 0.717) is 11.3 Å². The number of carbonyl (C=O) groups excluding carboxylic acids is 1. The predicted octanol–water partition coefficient (Wildman–Crippen LogP) is 5.43. The fraction of sp³-hybridized carbons (Fsp3) is 0.481. The lowest BCUT2D eigenvalue weighted by Crippen LogP contribution is -2.44. The SMILES string of the molecule is Cc1cc(C2N=CN=N2)ccc1-c1ccc(C2CC23CCN(C(=O)[C@H]2CCCO2)CC3)cc1. The zero-order valence-corrected chi connectivity index (χ0v) is 19.1. The molecule has 2 aromatic rings. The lowest BCUT2D eigenvalue weighted by Gasteiger charge is -2.34. The van der Waals surface area contributed by atoms with Crippen LogP contribution in [0.15, 0.2) is 57.7 Å². The first-order valence-corrected chi connectivity index (χ1v) is 12.2. The molecule has 3 aliphatic heterocycles. The first-order chi connectivity index (χ1) is 16.1. The zero-order chi connectivity index (χ0) is 22.4. The summed E-state index contributed by atoms with van der Waals surface area (Å²) in [6, 6.07) is 15.6. The lowest BCUT2D eigenvalue weighted by atomic mass is 9.88. The minimum atomic E-state index is -0.196. The summed E-state index contributed by atoms with van der Waals surface area (Å²) >= 11 is 0. The van der Waals surface area contributed by atoms with Gasteiger partial charge in [0.15, 0.2) is 6.17 Å². The average molecular weight is 443 g/mol. The van der Waals surface area contributed by atoms with Crippen molar-refractivity contribution in [3.8, 4) is 11.1 Å². The molecule has 170 valence electrons. The molecule has 0 N–H and O–H groups in total. The van der Waals surface area contributed by atoms with E-state index >= 15 is 0 Å². The van der Waals surface area contributed by atoms with Gasteiger partial charge < -0.3 is 9.64 Å². The summed E-state index contributed by atoms with van der Waals surface area (Å²) in [5, 5.41) is 8.00. The van der Waals surface area contributed by atoms with Crippen LogP contribution in [-0.4, -0.2) is 42.9 Å². The van der Waals surface area contributed by atoms with E-state index in [1.54, 1.807) is 0 Å². The van der Waals surface area contributed by atoms with Crippen molar-refractivity contribution in [2.75, 3.05) is 19.7 Å². The van der Waals surface area contributed by atoms with Gasteiger partial charge in [-0.2, -0.15) is 5.11 Å². The van der Waals surface area contributed by atoms with Crippen molar-refractivity contribution >= 4 is 12.2 Å². The lowest BCUT2D eigenvalue weighted by molar-refractivity contribution is -0.142. The molecule has 6 nitrogen and oxygen atoms in total. The number of aliphatic imine (C=N–C) groups is 1. The van der Waals surface area contributed by atoms with Crippen LogP contribution in [0.2, 0.25) is 0 Å². The summed E-state index contributed by atoms with van der Waals surface area (Å²) in [7, 11) is 0. The van der Waals surface area contributed by atoms with Crippen molar-refractivity contribution in [2.45, 2.75) is 57.2 Å². The van der Waals surface area contributed by atoms with Crippen LogP contribution in [0.4, 0.5) is 0 Å². The summed E-state index contributed by atoms with van der Waals surface area (Å²) in [5.41, 5.74) is 6.62. The standard InChI is InChI=1S/C27H30N4O2/c1-18-15-21(25-28-17-29-30-25)8-9-22(18)19-4-6-20(7-5-19)23-16-27(23)10-12-31(13-11-27)26(32)24-3-2-14-33-24/h4-9,15,17,23-25H,2-3,10-14,16H2,1H3/t23?,24-,25?/m1/s1. The molecular formula is C27H30N4O2. The molecule has 2 unspecified atom stereocenters. The van der Waals surface area contributed by atoms with Crippen LogP contribution in [0.3, 0.4) is 0 Å². The monoisotopic (exact) mass is 442 g/mol. The van der Waals surface area contributed by atoms with E-state index in [-0.39, 0.29) is 18.2 Å². The van der Waals surface area contributed by atoms with Gasteiger partial charge >= 0.3 is 0 Å². The van der Waals surface area contributed by atoms with Crippen molar-refractivity contribution in [1.82, 2.24) is 4.90 Å². The number of rotatable bonds is 4. The van der Waals surface area contributed by atoms with Crippen molar-refractivity contribution in [2.24, 2.45) is 20.6 Å². The number of aryl methyl sites for hydroxylation is 1. The van der Waals surface area contributed by atoms with Crippen molar-refractivity contribution in [1.29, 1.82) is 0 Å². The zero-order valence-electron chi connectivity index (χ0n) is 19.1. The molecule has 1 aliphatic carbocycles. The number of likely N-dealkylation sites (tertiary alicyclic amines) is 1.